The van der Waals surface area contributed by atoms with Gasteiger partial charge in [-0.25, -0.2) is 4.79 Å². The van der Waals surface area contributed by atoms with Crippen LogP contribution in [0.2, 0.25) is 0 Å². The minimum absolute atomic E-state index is 0.0432. The van der Waals surface area contributed by atoms with Gasteiger partial charge < -0.3 is 15.0 Å². The predicted molar refractivity (Wildman–Crippen MR) is 67.3 cm³/mol. The molecule has 0 unspecified atom stereocenters. The summed E-state index contributed by atoms with van der Waals surface area (Å²) in [7, 11) is 0. The fourth-order valence-electron chi connectivity index (χ4n) is 2.02. The number of nitrogens with one attached hydrogen (secondary N) is 1. The Morgan fingerprint density at radius 3 is 2.35 bits per heavy atom. The molecule has 4 nitrogen and oxygen atoms in total. The first-order chi connectivity index (χ1) is 8.15. The maximum Gasteiger partial charge on any atom is 0.321 e. The van der Waals surface area contributed by atoms with Crippen molar-refractivity contribution in [2.75, 3.05) is 31.6 Å². The minimum Gasteiger partial charge on any atom is -0.378 e. The van der Waals surface area contributed by atoms with E-state index in [1.54, 1.807) is 4.90 Å². The van der Waals surface area contributed by atoms with Crippen LogP contribution in [0.3, 0.4) is 0 Å². The summed E-state index contributed by atoms with van der Waals surface area (Å²) < 4.78 is 5.22. The monoisotopic (exact) mass is 234 g/mol. The van der Waals surface area contributed by atoms with E-state index < -0.39 is 0 Å². The second kappa shape index (κ2) is 5.19. The molecule has 0 saturated carbocycles. The third kappa shape index (κ3) is 3.20. The van der Waals surface area contributed by atoms with Gasteiger partial charge in [0.15, 0.2) is 0 Å². The molecule has 1 aliphatic heterocycles. The van der Waals surface area contributed by atoms with Crippen LogP contribution in [0.1, 0.15) is 11.1 Å². The van der Waals surface area contributed by atoms with Crippen LogP contribution in [0.4, 0.5) is 10.5 Å². The van der Waals surface area contributed by atoms with E-state index in [1.165, 1.54) is 0 Å². The van der Waals surface area contributed by atoms with Gasteiger partial charge in [-0.15, -0.1) is 0 Å². The second-order valence-electron chi connectivity index (χ2n) is 4.41. The van der Waals surface area contributed by atoms with Gasteiger partial charge in [0.1, 0.15) is 0 Å². The van der Waals surface area contributed by atoms with E-state index in [0.717, 1.165) is 16.8 Å². The fraction of sp³-hybridized carbons (Fsp3) is 0.462. The number of hydrogen-bond acceptors (Lipinski definition) is 2. The molecule has 1 aromatic carbocycles. The highest BCUT2D eigenvalue weighted by molar-refractivity contribution is 5.89. The molecule has 0 spiro atoms. The number of carbonyl (C=O) groups is 1. The predicted octanol–water partition coefficient (Wildman–Crippen LogP) is 2.17. The molecule has 0 aromatic heterocycles. The van der Waals surface area contributed by atoms with Crippen molar-refractivity contribution in [2.24, 2.45) is 0 Å². The van der Waals surface area contributed by atoms with E-state index in [0.29, 0.717) is 26.3 Å². The van der Waals surface area contributed by atoms with Gasteiger partial charge >= 0.3 is 6.03 Å². The van der Waals surface area contributed by atoms with Gasteiger partial charge in [0.05, 0.1) is 13.2 Å². The number of benzene rings is 1. The van der Waals surface area contributed by atoms with Crippen molar-refractivity contribution in [3.05, 3.63) is 29.3 Å². The number of carbonyl (C=O) groups excluding carboxylic acids is 1. The first-order valence-corrected chi connectivity index (χ1v) is 5.87. The number of urea groups is 1. The first-order valence-electron chi connectivity index (χ1n) is 5.87. The number of amides is 2. The summed E-state index contributed by atoms with van der Waals surface area (Å²) in [5.74, 6) is 0. The molecule has 1 heterocycles. The Kier molecular flexibility index (Phi) is 3.64. The molecule has 2 rings (SSSR count). The zero-order valence-electron chi connectivity index (χ0n) is 10.3. The summed E-state index contributed by atoms with van der Waals surface area (Å²) in [4.78, 5) is 13.7. The number of ether oxygens (including phenoxy) is 1. The standard InChI is InChI=1S/C13H18N2O2/c1-10-7-11(2)9-12(8-10)14-13(16)15-3-5-17-6-4-15/h7-9H,3-6H2,1-2H3,(H,14,16). The topological polar surface area (TPSA) is 41.6 Å². The van der Waals surface area contributed by atoms with Crippen molar-refractivity contribution in [3.8, 4) is 0 Å². The molecule has 92 valence electrons. The SMILES string of the molecule is Cc1cc(C)cc(NC(=O)N2CCOCC2)c1. The molecule has 2 amide bonds. The number of aryl methyl sites for hydroxylation is 2. The van der Waals surface area contributed by atoms with Crippen LogP contribution in [0, 0.1) is 13.8 Å². The maximum atomic E-state index is 11.9. The van der Waals surface area contributed by atoms with Crippen molar-refractivity contribution in [1.29, 1.82) is 0 Å². The zero-order valence-corrected chi connectivity index (χ0v) is 10.3. The Morgan fingerprint density at radius 2 is 1.76 bits per heavy atom. The second-order valence-corrected chi connectivity index (χ2v) is 4.41. The normalized spacial score (nSPS) is 15.8. The molecule has 0 bridgehead atoms. The third-order valence-electron chi connectivity index (χ3n) is 2.77. The van der Waals surface area contributed by atoms with Gasteiger partial charge in [0.2, 0.25) is 0 Å². The van der Waals surface area contributed by atoms with Crippen molar-refractivity contribution in [1.82, 2.24) is 4.90 Å². The average Bonchev–Trinajstić information content (AvgIpc) is 2.28. The lowest BCUT2D eigenvalue weighted by Gasteiger charge is -2.27. The van der Waals surface area contributed by atoms with Gasteiger partial charge in [0, 0.05) is 18.8 Å². The molecule has 1 N–H and O–H groups in total. The number of nitrogens with zero attached hydrogens (tertiary/aromatic N) is 1. The molecular weight excluding hydrogens is 216 g/mol. The van der Waals surface area contributed by atoms with E-state index in [1.807, 2.05) is 26.0 Å². The number of rotatable bonds is 1. The molecular formula is C13H18N2O2. The summed E-state index contributed by atoms with van der Waals surface area (Å²) in [6.45, 7) is 6.63. The van der Waals surface area contributed by atoms with E-state index in [4.69, 9.17) is 4.74 Å². The molecule has 17 heavy (non-hydrogen) atoms. The average molecular weight is 234 g/mol. The highest BCUT2D eigenvalue weighted by atomic mass is 16.5. The van der Waals surface area contributed by atoms with Crippen molar-refractivity contribution in [2.45, 2.75) is 13.8 Å². The zero-order chi connectivity index (χ0) is 12.3. The Labute approximate surface area is 102 Å². The molecule has 0 aliphatic carbocycles. The smallest absolute Gasteiger partial charge is 0.321 e. The van der Waals surface area contributed by atoms with Crippen LogP contribution in [-0.4, -0.2) is 37.2 Å². The Morgan fingerprint density at radius 1 is 1.18 bits per heavy atom. The molecule has 1 aromatic rings. The fourth-order valence-corrected chi connectivity index (χ4v) is 2.02. The lowest BCUT2D eigenvalue weighted by Crippen LogP contribution is -2.43. The summed E-state index contributed by atoms with van der Waals surface area (Å²) in [5.41, 5.74) is 3.17. The van der Waals surface area contributed by atoms with E-state index >= 15 is 0 Å². The van der Waals surface area contributed by atoms with E-state index in [-0.39, 0.29) is 6.03 Å². The number of anilines is 1. The Bertz CT molecular complexity index is 392. The third-order valence-corrected chi connectivity index (χ3v) is 2.77. The highest BCUT2D eigenvalue weighted by Crippen LogP contribution is 2.14. The van der Waals surface area contributed by atoms with Crippen molar-refractivity contribution < 1.29 is 9.53 Å². The molecule has 4 heteroatoms. The van der Waals surface area contributed by atoms with Gasteiger partial charge in [-0.2, -0.15) is 0 Å². The Hall–Kier alpha value is -1.55. The summed E-state index contributed by atoms with van der Waals surface area (Å²) in [6, 6.07) is 6.00. The van der Waals surface area contributed by atoms with Gasteiger partial charge in [-0.1, -0.05) is 6.07 Å². The Balaban J connectivity index is 2.01. The number of hydrogen-bond donors (Lipinski definition) is 1. The molecule has 1 aliphatic rings. The lowest BCUT2D eigenvalue weighted by atomic mass is 10.1. The molecule has 1 fully saturated rings. The van der Waals surface area contributed by atoms with E-state index in [9.17, 15) is 4.79 Å². The maximum absolute atomic E-state index is 11.9. The summed E-state index contributed by atoms with van der Waals surface area (Å²) >= 11 is 0. The van der Waals surface area contributed by atoms with Crippen LogP contribution >= 0.6 is 0 Å². The van der Waals surface area contributed by atoms with Crippen molar-refractivity contribution in [3.63, 3.8) is 0 Å². The van der Waals surface area contributed by atoms with Crippen LogP contribution in [0.25, 0.3) is 0 Å². The van der Waals surface area contributed by atoms with Gasteiger partial charge in [0.25, 0.3) is 0 Å². The summed E-state index contributed by atoms with van der Waals surface area (Å²) in [5, 5.41) is 2.92. The van der Waals surface area contributed by atoms with Crippen molar-refractivity contribution >= 4 is 11.7 Å². The highest BCUT2D eigenvalue weighted by Gasteiger charge is 2.16. The van der Waals surface area contributed by atoms with Crippen LogP contribution in [0.5, 0.6) is 0 Å². The van der Waals surface area contributed by atoms with Gasteiger partial charge in [-0.05, 0) is 37.1 Å². The largest absolute Gasteiger partial charge is 0.378 e. The van der Waals surface area contributed by atoms with Gasteiger partial charge in [-0.3, -0.25) is 0 Å². The molecule has 0 radical (unpaired) electrons. The molecule has 0 atom stereocenters. The van der Waals surface area contributed by atoms with Crippen LogP contribution in [-0.2, 0) is 4.74 Å². The van der Waals surface area contributed by atoms with Crippen LogP contribution in [0.15, 0.2) is 18.2 Å². The van der Waals surface area contributed by atoms with Crippen LogP contribution < -0.4 is 5.32 Å². The molecule has 1 saturated heterocycles. The lowest BCUT2D eigenvalue weighted by molar-refractivity contribution is 0.0564. The number of morpholine rings is 1. The summed E-state index contributed by atoms with van der Waals surface area (Å²) in [6.07, 6.45) is 0. The first kappa shape index (κ1) is 11.9. The minimum atomic E-state index is -0.0432. The quantitative estimate of drug-likeness (QED) is 0.809. The van der Waals surface area contributed by atoms with E-state index in [2.05, 4.69) is 11.4 Å².